The maximum absolute atomic E-state index is 11.1. The number of thioether (sulfide) groups is 1. The van der Waals surface area contributed by atoms with Crippen LogP contribution in [0.4, 0.5) is 0 Å². The number of carbonyl (C=O) groups is 2. The molecule has 0 aliphatic rings. The molecule has 0 aromatic heterocycles. The summed E-state index contributed by atoms with van der Waals surface area (Å²) in [6, 6.07) is 4.74. The number of benzene rings is 1. The van der Waals surface area contributed by atoms with E-state index in [0.29, 0.717) is 0 Å². The Morgan fingerprint density at radius 2 is 2.07 bits per heavy atom. The highest BCUT2D eigenvalue weighted by Crippen LogP contribution is 2.26. The van der Waals surface area contributed by atoms with Crippen molar-refractivity contribution >= 4 is 39.4 Å². The van der Waals surface area contributed by atoms with Crippen LogP contribution in [-0.2, 0) is 4.79 Å². The quantitative estimate of drug-likeness (QED) is 0.523. The van der Waals surface area contributed by atoms with E-state index in [1.54, 1.807) is 6.07 Å². The van der Waals surface area contributed by atoms with E-state index in [-0.39, 0.29) is 5.56 Å². The lowest BCUT2D eigenvalue weighted by molar-refractivity contribution is -0.131. The summed E-state index contributed by atoms with van der Waals surface area (Å²) in [5.41, 5.74) is 0.183. The average molecular weight is 275 g/mol. The fourth-order valence-corrected chi connectivity index (χ4v) is 2.25. The Labute approximate surface area is 93.6 Å². The van der Waals surface area contributed by atoms with Crippen molar-refractivity contribution in [2.45, 2.75) is 4.90 Å². The van der Waals surface area contributed by atoms with Crippen LogP contribution in [0.2, 0.25) is 0 Å². The Morgan fingerprint density at radius 3 is 2.50 bits per heavy atom. The van der Waals surface area contributed by atoms with Crippen LogP contribution in [0.3, 0.4) is 0 Å². The number of carbonyl (C=O) groups excluding carboxylic acids is 1. The summed E-state index contributed by atoms with van der Waals surface area (Å²) in [7, 11) is 0. The van der Waals surface area contributed by atoms with Gasteiger partial charge in [-0.2, -0.15) is 0 Å². The number of carboxylic acids is 1. The molecule has 3 nitrogen and oxygen atoms in total. The van der Waals surface area contributed by atoms with Crippen LogP contribution in [0.25, 0.3) is 0 Å². The number of hydrogen-bond donors (Lipinski definition) is 1. The molecule has 0 saturated heterocycles. The molecule has 74 valence electrons. The van der Waals surface area contributed by atoms with Gasteiger partial charge in [0.1, 0.15) is 0 Å². The number of ketones is 1. The Hall–Kier alpha value is -0.810. The van der Waals surface area contributed by atoms with E-state index >= 15 is 0 Å². The maximum atomic E-state index is 11.1. The molecule has 0 amide bonds. The Kier molecular flexibility index (Phi) is 3.71. The van der Waals surface area contributed by atoms with E-state index in [2.05, 4.69) is 15.9 Å². The number of Topliss-reactive ketones (excluding diaryl/α,β-unsaturated/α-hetero) is 1. The second kappa shape index (κ2) is 4.61. The minimum absolute atomic E-state index is 0.183. The first-order valence-electron chi connectivity index (χ1n) is 3.67. The van der Waals surface area contributed by atoms with Crippen molar-refractivity contribution in [1.82, 2.24) is 0 Å². The van der Waals surface area contributed by atoms with Gasteiger partial charge in [-0.25, -0.2) is 4.79 Å². The van der Waals surface area contributed by atoms with Gasteiger partial charge in [0.2, 0.25) is 0 Å². The summed E-state index contributed by atoms with van der Waals surface area (Å²) in [6.07, 6.45) is 1.90. The normalized spacial score (nSPS) is 9.86. The smallest absolute Gasteiger partial charge is 0.377 e. The van der Waals surface area contributed by atoms with Gasteiger partial charge in [0.25, 0.3) is 5.78 Å². The highest BCUT2D eigenvalue weighted by molar-refractivity contribution is 9.10. The molecule has 0 bridgehead atoms. The van der Waals surface area contributed by atoms with Gasteiger partial charge >= 0.3 is 5.97 Å². The molecule has 1 N–H and O–H groups in total. The van der Waals surface area contributed by atoms with Crippen LogP contribution in [0.15, 0.2) is 27.6 Å². The van der Waals surface area contributed by atoms with Gasteiger partial charge in [0.05, 0.1) is 0 Å². The minimum atomic E-state index is -1.44. The zero-order chi connectivity index (χ0) is 10.7. The largest absolute Gasteiger partial charge is 0.475 e. The van der Waals surface area contributed by atoms with Gasteiger partial charge in [-0.3, -0.25) is 4.79 Å². The average Bonchev–Trinajstić information content (AvgIpc) is 2.16. The van der Waals surface area contributed by atoms with Crippen molar-refractivity contribution in [2.24, 2.45) is 0 Å². The lowest BCUT2D eigenvalue weighted by Crippen LogP contribution is -2.12. The summed E-state index contributed by atoms with van der Waals surface area (Å²) in [6.45, 7) is 0. The highest BCUT2D eigenvalue weighted by Gasteiger charge is 2.15. The Morgan fingerprint density at radius 1 is 1.43 bits per heavy atom. The molecule has 0 saturated carbocycles. The third-order valence-corrected chi connectivity index (χ3v) is 3.32. The molecule has 0 radical (unpaired) electrons. The molecule has 0 fully saturated rings. The second-order valence-electron chi connectivity index (χ2n) is 2.48. The summed E-state index contributed by atoms with van der Waals surface area (Å²) >= 11 is 4.78. The predicted molar refractivity (Wildman–Crippen MR) is 57.9 cm³/mol. The van der Waals surface area contributed by atoms with E-state index in [4.69, 9.17) is 5.11 Å². The number of aliphatic carboxylic acids is 1. The minimum Gasteiger partial charge on any atom is -0.475 e. The van der Waals surface area contributed by atoms with Gasteiger partial charge in [-0.15, -0.1) is 11.8 Å². The molecule has 0 spiro atoms. The number of carboxylic acid groups (broad SMARTS) is 1. The van der Waals surface area contributed by atoms with Crippen LogP contribution < -0.4 is 0 Å². The molecule has 14 heavy (non-hydrogen) atoms. The lowest BCUT2D eigenvalue weighted by Gasteiger charge is -2.02. The third kappa shape index (κ3) is 2.36. The predicted octanol–water partition coefficient (Wildman–Crippen LogP) is 2.44. The van der Waals surface area contributed by atoms with E-state index in [1.807, 2.05) is 6.26 Å². The Bertz CT molecular complexity index is 390. The molecule has 0 heterocycles. The summed E-state index contributed by atoms with van der Waals surface area (Å²) in [5, 5.41) is 8.48. The molecule has 5 heteroatoms. The fourth-order valence-electron chi connectivity index (χ4n) is 0.931. The molecule has 0 unspecified atom stereocenters. The first-order valence-corrected chi connectivity index (χ1v) is 5.69. The van der Waals surface area contributed by atoms with Crippen molar-refractivity contribution in [3.63, 3.8) is 0 Å². The second-order valence-corrected chi connectivity index (χ2v) is 4.19. The number of rotatable bonds is 3. The van der Waals surface area contributed by atoms with Crippen LogP contribution in [0.1, 0.15) is 10.4 Å². The van der Waals surface area contributed by atoms with Crippen molar-refractivity contribution < 1.29 is 14.7 Å². The molecule has 1 aromatic rings. The Balaban J connectivity index is 3.09. The van der Waals surface area contributed by atoms with E-state index in [9.17, 15) is 9.59 Å². The van der Waals surface area contributed by atoms with Gasteiger partial charge in [-0.1, -0.05) is 0 Å². The van der Waals surface area contributed by atoms with Crippen molar-refractivity contribution in [3.05, 3.63) is 28.2 Å². The molecular formula is C9H7BrO3S. The molecule has 1 aromatic carbocycles. The lowest BCUT2D eigenvalue weighted by atomic mass is 10.1. The van der Waals surface area contributed by atoms with Gasteiger partial charge in [0.15, 0.2) is 0 Å². The first kappa shape index (κ1) is 11.3. The molecule has 0 atom stereocenters. The fraction of sp³-hybridized carbons (Fsp3) is 0.111. The topological polar surface area (TPSA) is 54.4 Å². The van der Waals surface area contributed by atoms with Crippen LogP contribution in [-0.4, -0.2) is 23.1 Å². The zero-order valence-electron chi connectivity index (χ0n) is 7.28. The summed E-state index contributed by atoms with van der Waals surface area (Å²) < 4.78 is 0.733. The first-order chi connectivity index (χ1) is 6.56. The standard InChI is InChI=1S/C9H7BrO3S/c1-14-7-3-2-5(4-6(7)10)8(11)9(12)13/h2-4H,1H3,(H,12,13). The molecule has 1 rings (SSSR count). The van der Waals surface area contributed by atoms with Crippen LogP contribution >= 0.6 is 27.7 Å². The highest BCUT2D eigenvalue weighted by atomic mass is 79.9. The van der Waals surface area contributed by atoms with Gasteiger partial charge in [0, 0.05) is 14.9 Å². The van der Waals surface area contributed by atoms with Crippen molar-refractivity contribution in [3.8, 4) is 0 Å². The molecular weight excluding hydrogens is 268 g/mol. The third-order valence-electron chi connectivity index (χ3n) is 1.61. The van der Waals surface area contributed by atoms with Crippen molar-refractivity contribution in [2.75, 3.05) is 6.26 Å². The van der Waals surface area contributed by atoms with E-state index < -0.39 is 11.8 Å². The maximum Gasteiger partial charge on any atom is 0.377 e. The zero-order valence-corrected chi connectivity index (χ0v) is 9.68. The molecule has 0 aliphatic carbocycles. The van der Waals surface area contributed by atoms with Crippen LogP contribution in [0, 0.1) is 0 Å². The number of halogens is 1. The summed E-state index contributed by atoms with van der Waals surface area (Å²) in [4.78, 5) is 22.4. The molecule has 0 aliphatic heterocycles. The van der Waals surface area contributed by atoms with Gasteiger partial charge in [-0.05, 0) is 40.4 Å². The van der Waals surface area contributed by atoms with Crippen LogP contribution in [0.5, 0.6) is 0 Å². The monoisotopic (exact) mass is 274 g/mol. The van der Waals surface area contributed by atoms with E-state index in [0.717, 1.165) is 9.37 Å². The SMILES string of the molecule is CSc1ccc(C(=O)C(=O)O)cc1Br. The number of hydrogen-bond acceptors (Lipinski definition) is 3. The van der Waals surface area contributed by atoms with Gasteiger partial charge < -0.3 is 5.11 Å². The summed E-state index contributed by atoms with van der Waals surface area (Å²) in [5.74, 6) is -2.33. The van der Waals surface area contributed by atoms with E-state index in [1.165, 1.54) is 23.9 Å². The van der Waals surface area contributed by atoms with Crippen molar-refractivity contribution in [1.29, 1.82) is 0 Å².